The maximum absolute atomic E-state index is 13.2. The van der Waals surface area contributed by atoms with Gasteiger partial charge in [-0.3, -0.25) is 9.59 Å². The van der Waals surface area contributed by atoms with Crippen LogP contribution in [0.1, 0.15) is 32.0 Å². The number of hydrogen-bond acceptors (Lipinski definition) is 7. The predicted octanol–water partition coefficient (Wildman–Crippen LogP) is 5.11. The molecule has 9 heteroatoms. The SMILES string of the molecule is COc1cc(CNC(=O)c2ccc(N3CCN(c4ccccc4C)CC3)c(NC(=O)c3ccco3)c2)cc(OC)c1. The van der Waals surface area contributed by atoms with Crippen molar-refractivity contribution in [3.8, 4) is 11.5 Å². The Bertz CT molecular complexity index is 1490. The summed E-state index contributed by atoms with van der Waals surface area (Å²) < 4.78 is 16.0. The molecule has 2 N–H and O–H groups in total. The highest BCUT2D eigenvalue weighted by molar-refractivity contribution is 6.05. The van der Waals surface area contributed by atoms with Crippen LogP contribution in [0, 0.1) is 6.92 Å². The summed E-state index contributed by atoms with van der Waals surface area (Å²) in [4.78, 5) is 30.7. The minimum absolute atomic E-state index is 0.196. The number of para-hydroxylation sites is 1. The van der Waals surface area contributed by atoms with Gasteiger partial charge < -0.3 is 34.3 Å². The zero-order valence-electron chi connectivity index (χ0n) is 23.5. The fourth-order valence-corrected chi connectivity index (χ4v) is 5.00. The van der Waals surface area contributed by atoms with E-state index in [0.29, 0.717) is 22.7 Å². The lowest BCUT2D eigenvalue weighted by Gasteiger charge is -2.38. The van der Waals surface area contributed by atoms with Gasteiger partial charge in [0.15, 0.2) is 5.76 Å². The van der Waals surface area contributed by atoms with Crippen molar-refractivity contribution in [1.29, 1.82) is 0 Å². The number of hydrogen-bond donors (Lipinski definition) is 2. The Kier molecular flexibility index (Phi) is 8.43. The van der Waals surface area contributed by atoms with Gasteiger partial charge >= 0.3 is 0 Å². The van der Waals surface area contributed by atoms with Crippen LogP contribution < -0.4 is 29.9 Å². The molecule has 4 aromatic rings. The van der Waals surface area contributed by atoms with Gasteiger partial charge in [-0.2, -0.15) is 0 Å². The Morgan fingerprint density at radius 2 is 1.49 bits per heavy atom. The summed E-state index contributed by atoms with van der Waals surface area (Å²) in [6.07, 6.45) is 1.46. The molecule has 0 atom stereocenters. The highest BCUT2D eigenvalue weighted by atomic mass is 16.5. The smallest absolute Gasteiger partial charge is 0.291 e. The first-order valence-corrected chi connectivity index (χ1v) is 13.5. The van der Waals surface area contributed by atoms with Crippen LogP contribution in [0.4, 0.5) is 17.1 Å². The lowest BCUT2D eigenvalue weighted by Crippen LogP contribution is -2.47. The van der Waals surface area contributed by atoms with E-state index in [4.69, 9.17) is 13.9 Å². The van der Waals surface area contributed by atoms with E-state index < -0.39 is 0 Å². The molecule has 5 rings (SSSR count). The van der Waals surface area contributed by atoms with Crippen molar-refractivity contribution in [2.45, 2.75) is 13.5 Å². The van der Waals surface area contributed by atoms with E-state index in [-0.39, 0.29) is 24.1 Å². The molecule has 0 radical (unpaired) electrons. The molecule has 1 aromatic heterocycles. The number of carbonyl (C=O) groups is 2. The maximum atomic E-state index is 13.2. The van der Waals surface area contributed by atoms with Gasteiger partial charge in [0.25, 0.3) is 11.8 Å². The quantitative estimate of drug-likeness (QED) is 0.297. The van der Waals surface area contributed by atoms with Gasteiger partial charge in [0.05, 0.1) is 31.9 Å². The standard InChI is InChI=1S/C32H34N4O5/c1-22-7-4-5-8-28(22)35-12-14-36(15-13-35)29-11-10-24(19-27(29)34-32(38)30-9-6-16-41-30)31(37)33-21-23-17-25(39-2)20-26(18-23)40-3/h4-11,16-20H,12-15,21H2,1-3H3,(H,33,37)(H,34,38). The van der Waals surface area contributed by atoms with Crippen molar-refractivity contribution in [3.63, 3.8) is 0 Å². The molecule has 2 amide bonds. The van der Waals surface area contributed by atoms with Gasteiger partial charge in [0, 0.05) is 50.0 Å². The summed E-state index contributed by atoms with van der Waals surface area (Å²) in [7, 11) is 3.17. The number of piperazine rings is 1. The largest absolute Gasteiger partial charge is 0.497 e. The van der Waals surface area contributed by atoms with E-state index in [0.717, 1.165) is 37.4 Å². The first kappa shape index (κ1) is 27.6. The predicted molar refractivity (Wildman–Crippen MR) is 159 cm³/mol. The number of methoxy groups -OCH3 is 2. The van der Waals surface area contributed by atoms with Crippen molar-refractivity contribution < 1.29 is 23.5 Å². The zero-order valence-corrected chi connectivity index (χ0v) is 23.5. The minimum atomic E-state index is -0.379. The Labute approximate surface area is 239 Å². The average Bonchev–Trinajstić information content (AvgIpc) is 3.56. The van der Waals surface area contributed by atoms with Gasteiger partial charge in [-0.05, 0) is 66.6 Å². The summed E-state index contributed by atoms with van der Waals surface area (Å²) in [5, 5.41) is 5.91. The summed E-state index contributed by atoms with van der Waals surface area (Å²) in [5.41, 5.74) is 5.14. The molecular formula is C32H34N4O5. The summed E-state index contributed by atoms with van der Waals surface area (Å²) >= 11 is 0. The lowest BCUT2D eigenvalue weighted by molar-refractivity contribution is 0.0949. The highest BCUT2D eigenvalue weighted by Gasteiger charge is 2.23. The zero-order chi connectivity index (χ0) is 28.8. The van der Waals surface area contributed by atoms with Crippen molar-refractivity contribution in [3.05, 3.63) is 102 Å². The van der Waals surface area contributed by atoms with Crippen LogP contribution in [0.5, 0.6) is 11.5 Å². The maximum Gasteiger partial charge on any atom is 0.291 e. The van der Waals surface area contributed by atoms with Gasteiger partial charge in [-0.1, -0.05) is 18.2 Å². The minimum Gasteiger partial charge on any atom is -0.497 e. The third kappa shape index (κ3) is 6.46. The van der Waals surface area contributed by atoms with E-state index in [2.05, 4.69) is 45.6 Å². The van der Waals surface area contributed by atoms with Gasteiger partial charge in [0.2, 0.25) is 0 Å². The Morgan fingerprint density at radius 3 is 2.12 bits per heavy atom. The Balaban J connectivity index is 1.34. The van der Waals surface area contributed by atoms with Crippen LogP contribution in [-0.4, -0.2) is 52.2 Å². The Morgan fingerprint density at radius 1 is 0.805 bits per heavy atom. The van der Waals surface area contributed by atoms with Crippen LogP contribution >= 0.6 is 0 Å². The monoisotopic (exact) mass is 554 g/mol. The number of aryl methyl sites for hydroxylation is 1. The first-order chi connectivity index (χ1) is 19.9. The van der Waals surface area contributed by atoms with Crippen LogP contribution in [0.15, 0.2) is 83.5 Å². The topological polar surface area (TPSA) is 96.3 Å². The van der Waals surface area contributed by atoms with E-state index in [9.17, 15) is 9.59 Å². The van der Waals surface area contributed by atoms with Crippen LogP contribution in [0.2, 0.25) is 0 Å². The second-order valence-corrected chi connectivity index (χ2v) is 9.83. The summed E-state index contributed by atoms with van der Waals surface area (Å²) in [6, 6.07) is 22.5. The average molecular weight is 555 g/mol. The third-order valence-corrected chi connectivity index (χ3v) is 7.19. The van der Waals surface area contributed by atoms with Crippen LogP contribution in [-0.2, 0) is 6.54 Å². The molecule has 1 aliphatic heterocycles. The molecule has 41 heavy (non-hydrogen) atoms. The van der Waals surface area contributed by atoms with Crippen molar-refractivity contribution in [2.75, 3.05) is 55.5 Å². The summed E-state index contributed by atoms with van der Waals surface area (Å²) in [5.74, 6) is 0.834. The molecule has 1 saturated heterocycles. The van der Waals surface area contributed by atoms with Crippen LogP contribution in [0.25, 0.3) is 0 Å². The van der Waals surface area contributed by atoms with Gasteiger partial charge in [-0.15, -0.1) is 0 Å². The van der Waals surface area contributed by atoms with E-state index >= 15 is 0 Å². The van der Waals surface area contributed by atoms with Crippen molar-refractivity contribution in [2.24, 2.45) is 0 Å². The number of furan rings is 1. The third-order valence-electron chi connectivity index (χ3n) is 7.19. The molecule has 1 aliphatic rings. The molecule has 0 saturated carbocycles. The number of nitrogens with zero attached hydrogens (tertiary/aromatic N) is 2. The summed E-state index contributed by atoms with van der Waals surface area (Å²) in [6.45, 7) is 5.61. The van der Waals surface area contributed by atoms with Crippen LogP contribution in [0.3, 0.4) is 0 Å². The molecular weight excluding hydrogens is 520 g/mol. The molecule has 3 aromatic carbocycles. The van der Waals surface area contributed by atoms with E-state index in [1.54, 1.807) is 44.6 Å². The van der Waals surface area contributed by atoms with Gasteiger partial charge in [0.1, 0.15) is 11.5 Å². The number of nitrogens with one attached hydrogen (secondary N) is 2. The molecule has 212 valence electrons. The molecule has 1 fully saturated rings. The van der Waals surface area contributed by atoms with E-state index in [1.165, 1.54) is 17.5 Å². The lowest BCUT2D eigenvalue weighted by atomic mass is 10.1. The molecule has 0 spiro atoms. The molecule has 0 bridgehead atoms. The number of rotatable bonds is 9. The molecule has 0 aliphatic carbocycles. The molecule has 0 unspecified atom stereocenters. The number of anilines is 3. The Hall–Kier alpha value is -4.92. The fourth-order valence-electron chi connectivity index (χ4n) is 5.00. The first-order valence-electron chi connectivity index (χ1n) is 13.5. The van der Waals surface area contributed by atoms with Crippen molar-refractivity contribution in [1.82, 2.24) is 5.32 Å². The fraction of sp³-hybridized carbons (Fsp3) is 0.250. The van der Waals surface area contributed by atoms with Gasteiger partial charge in [-0.25, -0.2) is 0 Å². The normalized spacial score (nSPS) is 13.0. The molecule has 9 nitrogen and oxygen atoms in total. The molecule has 2 heterocycles. The number of benzene rings is 3. The number of ether oxygens (including phenoxy) is 2. The second-order valence-electron chi connectivity index (χ2n) is 9.83. The van der Waals surface area contributed by atoms with Crippen molar-refractivity contribution >= 4 is 28.9 Å². The van der Waals surface area contributed by atoms with E-state index in [1.807, 2.05) is 24.3 Å². The number of amides is 2. The highest BCUT2D eigenvalue weighted by Crippen LogP contribution is 2.31. The number of carbonyl (C=O) groups excluding carboxylic acids is 2. The second kappa shape index (κ2) is 12.5.